The van der Waals surface area contributed by atoms with Gasteiger partial charge in [0, 0.05) is 12.3 Å². The van der Waals surface area contributed by atoms with Crippen molar-refractivity contribution in [3.63, 3.8) is 0 Å². The summed E-state index contributed by atoms with van der Waals surface area (Å²) in [5.41, 5.74) is 6.13. The molecule has 2 N–H and O–H groups in total. The third-order valence-electron chi connectivity index (χ3n) is 2.15. The number of ether oxygens (including phenoxy) is 2. The molecule has 19 heavy (non-hydrogen) atoms. The van der Waals surface area contributed by atoms with Gasteiger partial charge in [0.05, 0.1) is 17.8 Å². The maximum Gasteiger partial charge on any atom is 0.249 e. The molecule has 0 aromatic carbocycles. The summed E-state index contributed by atoms with van der Waals surface area (Å²) in [6.07, 6.45) is 5.21. The lowest BCUT2D eigenvalue weighted by atomic mass is 10.4. The van der Waals surface area contributed by atoms with E-state index < -0.39 is 0 Å². The Labute approximate surface area is 115 Å². The quantitative estimate of drug-likeness (QED) is 0.906. The molecule has 2 heterocycles. The molecule has 0 unspecified atom stereocenters. The summed E-state index contributed by atoms with van der Waals surface area (Å²) in [5, 5.41) is 0.465. The Kier molecular flexibility index (Phi) is 4.35. The van der Waals surface area contributed by atoms with Crippen LogP contribution in [0, 0.1) is 0 Å². The smallest absolute Gasteiger partial charge is 0.249 e. The number of nitrogens with two attached hydrogens (primary N) is 1. The monoisotopic (exact) mass is 280 g/mol. The van der Waals surface area contributed by atoms with Crippen molar-refractivity contribution in [3.8, 4) is 17.5 Å². The van der Waals surface area contributed by atoms with Crippen LogP contribution in [0.1, 0.15) is 13.3 Å². The standard InChI is InChI=1S/C12H13ClN4O2/c1-2-3-18-11-10(14)12(17-7-16-11)19-9-4-8(13)5-15-6-9/h4-7H,2-3,14H2,1H3. The summed E-state index contributed by atoms with van der Waals surface area (Å²) in [7, 11) is 0. The molecule has 0 radical (unpaired) electrons. The summed E-state index contributed by atoms with van der Waals surface area (Å²) in [5.74, 6) is 0.964. The molecule has 2 rings (SSSR count). The van der Waals surface area contributed by atoms with Gasteiger partial charge in [-0.1, -0.05) is 18.5 Å². The summed E-state index contributed by atoms with van der Waals surface area (Å²) in [6.45, 7) is 2.52. The van der Waals surface area contributed by atoms with Crippen molar-refractivity contribution in [2.45, 2.75) is 13.3 Å². The number of anilines is 1. The van der Waals surface area contributed by atoms with Gasteiger partial charge in [-0.2, -0.15) is 9.97 Å². The second-order valence-corrected chi connectivity index (χ2v) is 4.12. The van der Waals surface area contributed by atoms with Crippen molar-refractivity contribution in [3.05, 3.63) is 29.8 Å². The minimum absolute atomic E-state index is 0.213. The van der Waals surface area contributed by atoms with E-state index in [9.17, 15) is 0 Å². The van der Waals surface area contributed by atoms with Crippen LogP contribution in [0.25, 0.3) is 0 Å². The molecule has 2 aromatic heterocycles. The van der Waals surface area contributed by atoms with Crippen LogP contribution in [0.5, 0.6) is 17.5 Å². The second kappa shape index (κ2) is 6.19. The number of aromatic nitrogens is 3. The molecule has 0 atom stereocenters. The first kappa shape index (κ1) is 13.4. The van der Waals surface area contributed by atoms with Crippen LogP contribution >= 0.6 is 11.6 Å². The Balaban J connectivity index is 2.20. The zero-order chi connectivity index (χ0) is 13.7. The van der Waals surface area contributed by atoms with Gasteiger partial charge in [0.1, 0.15) is 12.1 Å². The first-order chi connectivity index (χ1) is 9.20. The van der Waals surface area contributed by atoms with E-state index in [0.717, 1.165) is 6.42 Å². The van der Waals surface area contributed by atoms with Crippen LogP contribution in [-0.4, -0.2) is 21.6 Å². The summed E-state index contributed by atoms with van der Waals surface area (Å²) in [4.78, 5) is 11.8. The predicted molar refractivity (Wildman–Crippen MR) is 71.6 cm³/mol. The third-order valence-corrected chi connectivity index (χ3v) is 2.35. The summed E-state index contributed by atoms with van der Waals surface area (Å²) < 4.78 is 10.9. The van der Waals surface area contributed by atoms with Crippen molar-refractivity contribution in [2.24, 2.45) is 0 Å². The van der Waals surface area contributed by atoms with E-state index in [1.807, 2.05) is 6.92 Å². The molecule has 0 aliphatic carbocycles. The van der Waals surface area contributed by atoms with Gasteiger partial charge in [-0.05, 0) is 6.42 Å². The van der Waals surface area contributed by atoms with Crippen molar-refractivity contribution in [1.29, 1.82) is 0 Å². The minimum atomic E-state index is 0.213. The van der Waals surface area contributed by atoms with Crippen molar-refractivity contribution < 1.29 is 9.47 Å². The largest absolute Gasteiger partial charge is 0.476 e. The SMILES string of the molecule is CCCOc1ncnc(Oc2cncc(Cl)c2)c1N. The number of rotatable bonds is 5. The van der Waals surface area contributed by atoms with Crippen molar-refractivity contribution >= 4 is 17.3 Å². The number of halogens is 1. The van der Waals surface area contributed by atoms with Gasteiger partial charge in [0.15, 0.2) is 5.69 Å². The maximum atomic E-state index is 5.88. The van der Waals surface area contributed by atoms with Crippen molar-refractivity contribution in [1.82, 2.24) is 15.0 Å². The lowest BCUT2D eigenvalue weighted by Crippen LogP contribution is -2.04. The van der Waals surface area contributed by atoms with Gasteiger partial charge in [-0.25, -0.2) is 0 Å². The van der Waals surface area contributed by atoms with Gasteiger partial charge in [0.2, 0.25) is 11.8 Å². The highest BCUT2D eigenvalue weighted by atomic mass is 35.5. The highest BCUT2D eigenvalue weighted by Crippen LogP contribution is 2.30. The molecule has 0 saturated carbocycles. The molecule has 7 heteroatoms. The molecule has 0 aliphatic rings. The van der Waals surface area contributed by atoms with Gasteiger partial charge < -0.3 is 15.2 Å². The minimum Gasteiger partial charge on any atom is -0.476 e. The Bertz CT molecular complexity index is 565. The van der Waals surface area contributed by atoms with Crippen LogP contribution < -0.4 is 15.2 Å². The molecule has 6 nitrogen and oxygen atoms in total. The summed E-state index contributed by atoms with van der Waals surface area (Å²) in [6, 6.07) is 1.61. The highest BCUT2D eigenvalue weighted by molar-refractivity contribution is 6.30. The van der Waals surface area contributed by atoms with E-state index in [0.29, 0.717) is 23.3 Å². The lowest BCUT2D eigenvalue weighted by molar-refractivity contribution is 0.304. The van der Waals surface area contributed by atoms with E-state index in [1.165, 1.54) is 18.7 Å². The number of hydrogen-bond acceptors (Lipinski definition) is 6. The molecular formula is C12H13ClN4O2. The first-order valence-corrected chi connectivity index (χ1v) is 6.10. The maximum absolute atomic E-state index is 5.88. The average molecular weight is 281 g/mol. The lowest BCUT2D eigenvalue weighted by Gasteiger charge is -2.10. The van der Waals surface area contributed by atoms with Crippen LogP contribution in [-0.2, 0) is 0 Å². The molecule has 0 amide bonds. The second-order valence-electron chi connectivity index (χ2n) is 3.69. The Hall–Kier alpha value is -2.08. The van der Waals surface area contributed by atoms with E-state index in [4.69, 9.17) is 26.8 Å². The number of hydrogen-bond donors (Lipinski definition) is 1. The fourth-order valence-corrected chi connectivity index (χ4v) is 1.48. The normalized spacial score (nSPS) is 10.2. The number of nitrogen functional groups attached to an aromatic ring is 1. The van der Waals surface area contributed by atoms with Crippen LogP contribution in [0.15, 0.2) is 24.8 Å². The Morgan fingerprint density at radius 3 is 2.79 bits per heavy atom. The van der Waals surface area contributed by atoms with Crippen LogP contribution in [0.4, 0.5) is 5.69 Å². The zero-order valence-electron chi connectivity index (χ0n) is 10.3. The number of pyridine rings is 1. The first-order valence-electron chi connectivity index (χ1n) is 5.72. The topological polar surface area (TPSA) is 83.2 Å². The fourth-order valence-electron chi connectivity index (χ4n) is 1.32. The Morgan fingerprint density at radius 2 is 2.05 bits per heavy atom. The zero-order valence-corrected chi connectivity index (χ0v) is 11.1. The molecule has 0 fully saturated rings. The van der Waals surface area contributed by atoms with E-state index in [-0.39, 0.29) is 11.6 Å². The Morgan fingerprint density at radius 1 is 1.26 bits per heavy atom. The highest BCUT2D eigenvalue weighted by Gasteiger charge is 2.11. The van der Waals surface area contributed by atoms with Crippen LogP contribution in [0.3, 0.4) is 0 Å². The van der Waals surface area contributed by atoms with Gasteiger partial charge >= 0.3 is 0 Å². The molecule has 0 bridgehead atoms. The summed E-state index contributed by atoms with van der Waals surface area (Å²) >= 11 is 5.82. The molecule has 0 saturated heterocycles. The average Bonchev–Trinajstić information content (AvgIpc) is 2.40. The third kappa shape index (κ3) is 3.45. The molecule has 0 spiro atoms. The molecule has 2 aromatic rings. The van der Waals surface area contributed by atoms with Gasteiger partial charge in [-0.15, -0.1) is 0 Å². The van der Waals surface area contributed by atoms with Gasteiger partial charge in [-0.3, -0.25) is 4.98 Å². The van der Waals surface area contributed by atoms with E-state index in [2.05, 4.69) is 15.0 Å². The van der Waals surface area contributed by atoms with E-state index >= 15 is 0 Å². The number of nitrogens with zero attached hydrogens (tertiary/aromatic N) is 3. The van der Waals surface area contributed by atoms with Crippen LogP contribution in [0.2, 0.25) is 5.02 Å². The predicted octanol–water partition coefficient (Wildman–Crippen LogP) is 2.69. The van der Waals surface area contributed by atoms with Gasteiger partial charge in [0.25, 0.3) is 0 Å². The molecule has 100 valence electrons. The molecule has 0 aliphatic heterocycles. The fraction of sp³-hybridized carbons (Fsp3) is 0.250. The molecular weight excluding hydrogens is 268 g/mol. The van der Waals surface area contributed by atoms with Crippen molar-refractivity contribution in [2.75, 3.05) is 12.3 Å². The van der Waals surface area contributed by atoms with E-state index in [1.54, 1.807) is 6.07 Å².